The first-order valence-corrected chi connectivity index (χ1v) is 16.0. The van der Waals surface area contributed by atoms with Crippen molar-refractivity contribution in [1.82, 2.24) is 10.2 Å². The van der Waals surface area contributed by atoms with E-state index in [4.69, 9.17) is 11.5 Å². The maximum Gasteiger partial charge on any atom is 0.251 e. The third-order valence-corrected chi connectivity index (χ3v) is 8.33. The van der Waals surface area contributed by atoms with Gasteiger partial charge in [-0.3, -0.25) is 9.59 Å². The predicted octanol–water partition coefficient (Wildman–Crippen LogP) is 5.87. The van der Waals surface area contributed by atoms with Gasteiger partial charge >= 0.3 is 0 Å². The van der Waals surface area contributed by atoms with Gasteiger partial charge in [-0.15, -0.1) is 0 Å². The standard InChI is InChI=1S/C40H42N4O3/c41-23-24-43-39(46)37-17-8-7-16-36(37)33-15-9-10-30(26-33)28-44(40(47)38(42)27-29-18-20-34(45)21-19-29)25-22-35(31-11-3-1-4-12-31)32-13-5-2-6-14-32/h1-21,26,35,38,45H,22-25,27-28,41-42H2,(H,43,46). The molecule has 240 valence electrons. The Morgan fingerprint density at radius 3 is 2.04 bits per heavy atom. The number of nitrogens with two attached hydrogens (primary N) is 2. The van der Waals surface area contributed by atoms with Crippen molar-refractivity contribution in [2.45, 2.75) is 31.3 Å². The van der Waals surface area contributed by atoms with Crippen molar-refractivity contribution in [3.05, 3.63) is 161 Å². The zero-order chi connectivity index (χ0) is 33.0. The minimum atomic E-state index is -0.762. The molecule has 6 N–H and O–H groups in total. The summed E-state index contributed by atoms with van der Waals surface area (Å²) >= 11 is 0. The van der Waals surface area contributed by atoms with E-state index in [0.29, 0.717) is 44.6 Å². The lowest BCUT2D eigenvalue weighted by Gasteiger charge is -2.29. The lowest BCUT2D eigenvalue weighted by molar-refractivity contribution is -0.133. The summed E-state index contributed by atoms with van der Waals surface area (Å²) in [6, 6.07) is 42.2. The number of aromatic hydroxyl groups is 1. The molecule has 0 aliphatic carbocycles. The highest BCUT2D eigenvalue weighted by Gasteiger charge is 2.24. The van der Waals surface area contributed by atoms with Gasteiger partial charge in [0.05, 0.1) is 6.04 Å². The zero-order valence-electron chi connectivity index (χ0n) is 26.5. The van der Waals surface area contributed by atoms with Crippen molar-refractivity contribution < 1.29 is 14.7 Å². The van der Waals surface area contributed by atoms with E-state index in [0.717, 1.165) is 22.3 Å². The second kappa shape index (κ2) is 16.4. The molecule has 0 fully saturated rings. The molecule has 7 heteroatoms. The SMILES string of the molecule is NCCNC(=O)c1ccccc1-c1cccc(CN(CCC(c2ccccc2)c2ccccc2)C(=O)C(N)Cc2ccc(O)cc2)c1. The lowest BCUT2D eigenvalue weighted by atomic mass is 9.88. The molecule has 5 aromatic carbocycles. The van der Waals surface area contributed by atoms with Gasteiger partial charge in [-0.1, -0.05) is 109 Å². The smallest absolute Gasteiger partial charge is 0.251 e. The van der Waals surface area contributed by atoms with Gasteiger partial charge in [0.1, 0.15) is 5.75 Å². The van der Waals surface area contributed by atoms with Crippen LogP contribution in [0.3, 0.4) is 0 Å². The van der Waals surface area contributed by atoms with E-state index in [2.05, 4.69) is 29.6 Å². The Morgan fingerprint density at radius 2 is 1.38 bits per heavy atom. The summed E-state index contributed by atoms with van der Waals surface area (Å²) in [6.07, 6.45) is 1.05. The summed E-state index contributed by atoms with van der Waals surface area (Å²) in [7, 11) is 0. The lowest BCUT2D eigenvalue weighted by Crippen LogP contribution is -2.45. The Hall–Kier alpha value is -5.24. The van der Waals surface area contributed by atoms with Crippen LogP contribution < -0.4 is 16.8 Å². The van der Waals surface area contributed by atoms with Crippen LogP contribution in [0.15, 0.2) is 133 Å². The second-order valence-electron chi connectivity index (χ2n) is 11.7. The molecule has 2 amide bonds. The second-order valence-corrected chi connectivity index (χ2v) is 11.7. The van der Waals surface area contributed by atoms with Gasteiger partial charge in [0, 0.05) is 37.7 Å². The molecule has 0 bridgehead atoms. The number of hydrogen-bond acceptors (Lipinski definition) is 5. The largest absolute Gasteiger partial charge is 0.508 e. The maximum absolute atomic E-state index is 14.1. The summed E-state index contributed by atoms with van der Waals surface area (Å²) < 4.78 is 0. The molecular weight excluding hydrogens is 584 g/mol. The molecule has 47 heavy (non-hydrogen) atoms. The molecule has 0 aliphatic heterocycles. The van der Waals surface area contributed by atoms with Crippen LogP contribution in [0, 0.1) is 0 Å². The summed E-state index contributed by atoms with van der Waals surface area (Å²) in [5.41, 5.74) is 18.6. The highest BCUT2D eigenvalue weighted by Crippen LogP contribution is 2.29. The number of rotatable bonds is 14. The molecule has 0 heterocycles. The number of carbonyl (C=O) groups is 2. The molecule has 0 radical (unpaired) electrons. The Balaban J connectivity index is 1.43. The molecule has 0 aromatic heterocycles. The molecule has 5 rings (SSSR count). The van der Waals surface area contributed by atoms with E-state index in [1.165, 1.54) is 11.1 Å². The summed E-state index contributed by atoms with van der Waals surface area (Å²) in [4.78, 5) is 28.9. The number of amides is 2. The number of benzene rings is 5. The highest BCUT2D eigenvalue weighted by molar-refractivity contribution is 6.00. The van der Waals surface area contributed by atoms with E-state index in [1.807, 2.05) is 83.8 Å². The summed E-state index contributed by atoms with van der Waals surface area (Å²) in [5.74, 6) is -0.0704. The monoisotopic (exact) mass is 626 g/mol. The number of phenolic OH excluding ortho intramolecular Hbond substituents is 1. The molecule has 0 saturated carbocycles. The van der Waals surface area contributed by atoms with Crippen molar-refractivity contribution >= 4 is 11.8 Å². The third-order valence-electron chi connectivity index (χ3n) is 8.33. The topological polar surface area (TPSA) is 122 Å². The van der Waals surface area contributed by atoms with E-state index in [1.54, 1.807) is 30.3 Å². The van der Waals surface area contributed by atoms with Crippen LogP contribution in [0.2, 0.25) is 0 Å². The van der Waals surface area contributed by atoms with Crippen molar-refractivity contribution in [1.29, 1.82) is 0 Å². The Labute approximate surface area is 276 Å². The van der Waals surface area contributed by atoms with Gasteiger partial charge in [0.15, 0.2) is 0 Å². The predicted molar refractivity (Wildman–Crippen MR) is 188 cm³/mol. The van der Waals surface area contributed by atoms with Crippen LogP contribution in [-0.4, -0.2) is 47.5 Å². The molecule has 0 saturated heterocycles. The molecule has 5 aromatic rings. The van der Waals surface area contributed by atoms with E-state index >= 15 is 0 Å². The van der Waals surface area contributed by atoms with Crippen molar-refractivity contribution in [2.75, 3.05) is 19.6 Å². The van der Waals surface area contributed by atoms with Crippen LogP contribution >= 0.6 is 0 Å². The summed E-state index contributed by atoms with van der Waals surface area (Å²) in [5, 5.41) is 12.6. The number of nitrogens with zero attached hydrogens (tertiary/aromatic N) is 1. The fraction of sp³-hybridized carbons (Fsp3) is 0.200. The van der Waals surface area contributed by atoms with E-state index in [9.17, 15) is 14.7 Å². The fourth-order valence-corrected chi connectivity index (χ4v) is 5.93. The number of phenols is 1. The first-order chi connectivity index (χ1) is 22.9. The Kier molecular flexibility index (Phi) is 11.5. The quantitative estimate of drug-likeness (QED) is 0.123. The number of carbonyl (C=O) groups excluding carboxylic acids is 2. The zero-order valence-corrected chi connectivity index (χ0v) is 26.5. The molecule has 0 aliphatic rings. The highest BCUT2D eigenvalue weighted by atomic mass is 16.3. The Morgan fingerprint density at radius 1 is 0.745 bits per heavy atom. The van der Waals surface area contributed by atoms with Gasteiger partial charge < -0.3 is 26.8 Å². The van der Waals surface area contributed by atoms with Crippen LogP contribution in [-0.2, 0) is 17.8 Å². The first kappa shape index (κ1) is 33.1. The van der Waals surface area contributed by atoms with Gasteiger partial charge in [-0.05, 0) is 70.5 Å². The number of nitrogens with one attached hydrogen (secondary N) is 1. The van der Waals surface area contributed by atoms with Gasteiger partial charge in [0.25, 0.3) is 5.91 Å². The van der Waals surface area contributed by atoms with Gasteiger partial charge in [0.2, 0.25) is 5.91 Å². The summed E-state index contributed by atoms with van der Waals surface area (Å²) in [6.45, 7) is 1.59. The van der Waals surface area contributed by atoms with Crippen LogP contribution in [0.4, 0.5) is 0 Å². The van der Waals surface area contributed by atoms with Crippen LogP contribution in [0.25, 0.3) is 11.1 Å². The van der Waals surface area contributed by atoms with Crippen molar-refractivity contribution in [3.63, 3.8) is 0 Å². The normalized spacial score (nSPS) is 11.6. The minimum Gasteiger partial charge on any atom is -0.508 e. The maximum atomic E-state index is 14.1. The average molecular weight is 627 g/mol. The van der Waals surface area contributed by atoms with Crippen molar-refractivity contribution in [3.8, 4) is 16.9 Å². The molecule has 1 unspecified atom stereocenters. The molecular formula is C40H42N4O3. The first-order valence-electron chi connectivity index (χ1n) is 16.0. The van der Waals surface area contributed by atoms with E-state index < -0.39 is 6.04 Å². The molecule has 1 atom stereocenters. The van der Waals surface area contributed by atoms with Crippen LogP contribution in [0.1, 0.15) is 45.0 Å². The number of hydrogen-bond donors (Lipinski definition) is 4. The minimum absolute atomic E-state index is 0.0891. The molecule has 7 nitrogen and oxygen atoms in total. The van der Waals surface area contributed by atoms with E-state index in [-0.39, 0.29) is 23.5 Å². The average Bonchev–Trinajstić information content (AvgIpc) is 3.12. The van der Waals surface area contributed by atoms with Crippen molar-refractivity contribution in [2.24, 2.45) is 11.5 Å². The van der Waals surface area contributed by atoms with Gasteiger partial charge in [-0.25, -0.2) is 0 Å². The van der Waals surface area contributed by atoms with Gasteiger partial charge in [-0.2, -0.15) is 0 Å². The molecule has 0 spiro atoms. The fourth-order valence-electron chi connectivity index (χ4n) is 5.93. The Bertz CT molecular complexity index is 1700. The third kappa shape index (κ3) is 8.94. The van der Waals surface area contributed by atoms with Crippen LogP contribution in [0.5, 0.6) is 5.75 Å².